The van der Waals surface area contributed by atoms with E-state index in [-0.39, 0.29) is 0 Å². The van der Waals surface area contributed by atoms with Gasteiger partial charge in [0.1, 0.15) is 0 Å². The molecule has 0 aliphatic rings. The third-order valence-electron chi connectivity index (χ3n) is 2.71. The maximum Gasteiger partial charge on any atom is 0.217 e. The van der Waals surface area contributed by atoms with Gasteiger partial charge >= 0.3 is 0 Å². The predicted octanol–water partition coefficient (Wildman–Crippen LogP) is 1.65. The Kier molecular flexibility index (Phi) is 6.58. The summed E-state index contributed by atoms with van der Waals surface area (Å²) in [5, 5.41) is 0. The standard InChI is InChI=1S/C13H23N3O/c1-3-4-9-16(10-7-14)11-12-6-5-8-15-13(12)17-2/h5-6,8H,3-4,7,9-11,14H2,1-2H3. The zero-order chi connectivity index (χ0) is 12.5. The van der Waals surface area contributed by atoms with Gasteiger partial charge in [-0.25, -0.2) is 4.98 Å². The summed E-state index contributed by atoms with van der Waals surface area (Å²) < 4.78 is 5.26. The maximum atomic E-state index is 5.64. The number of methoxy groups -OCH3 is 1. The summed E-state index contributed by atoms with van der Waals surface area (Å²) in [6.07, 6.45) is 4.15. The molecule has 0 unspecified atom stereocenters. The summed E-state index contributed by atoms with van der Waals surface area (Å²) in [5.41, 5.74) is 6.76. The van der Waals surface area contributed by atoms with Gasteiger partial charge in [-0.1, -0.05) is 19.4 Å². The number of pyridine rings is 1. The van der Waals surface area contributed by atoms with Crippen LogP contribution < -0.4 is 10.5 Å². The third kappa shape index (κ3) is 4.71. The number of nitrogens with two attached hydrogens (primary N) is 1. The van der Waals surface area contributed by atoms with Crippen molar-refractivity contribution in [3.05, 3.63) is 23.9 Å². The fraction of sp³-hybridized carbons (Fsp3) is 0.615. The van der Waals surface area contributed by atoms with Gasteiger partial charge in [-0.3, -0.25) is 4.90 Å². The lowest BCUT2D eigenvalue weighted by Crippen LogP contribution is -2.30. The van der Waals surface area contributed by atoms with Crippen molar-refractivity contribution in [2.24, 2.45) is 5.73 Å². The molecule has 0 bridgehead atoms. The number of nitrogens with zero attached hydrogens (tertiary/aromatic N) is 2. The number of ether oxygens (including phenoxy) is 1. The van der Waals surface area contributed by atoms with Crippen molar-refractivity contribution in [3.8, 4) is 5.88 Å². The lowest BCUT2D eigenvalue weighted by molar-refractivity contribution is 0.262. The number of rotatable bonds is 8. The summed E-state index contributed by atoms with van der Waals surface area (Å²) >= 11 is 0. The molecule has 0 amide bonds. The number of hydrogen-bond donors (Lipinski definition) is 1. The normalized spacial score (nSPS) is 10.8. The van der Waals surface area contributed by atoms with Gasteiger partial charge in [0, 0.05) is 31.4 Å². The molecule has 1 heterocycles. The smallest absolute Gasteiger partial charge is 0.217 e. The number of unbranched alkanes of at least 4 members (excludes halogenated alkanes) is 1. The summed E-state index contributed by atoms with van der Waals surface area (Å²) in [6.45, 7) is 5.73. The molecular formula is C13H23N3O. The lowest BCUT2D eigenvalue weighted by atomic mass is 10.2. The van der Waals surface area contributed by atoms with Gasteiger partial charge in [-0.2, -0.15) is 0 Å². The first-order chi connectivity index (χ1) is 8.31. The zero-order valence-electron chi connectivity index (χ0n) is 10.9. The van der Waals surface area contributed by atoms with Crippen LogP contribution in [0.1, 0.15) is 25.3 Å². The van der Waals surface area contributed by atoms with E-state index in [9.17, 15) is 0 Å². The van der Waals surface area contributed by atoms with Crippen molar-refractivity contribution in [1.29, 1.82) is 0 Å². The van der Waals surface area contributed by atoms with E-state index in [4.69, 9.17) is 10.5 Å². The Bertz CT molecular complexity index is 317. The highest BCUT2D eigenvalue weighted by Gasteiger charge is 2.09. The summed E-state index contributed by atoms with van der Waals surface area (Å²) in [6, 6.07) is 4.00. The monoisotopic (exact) mass is 237 g/mol. The highest BCUT2D eigenvalue weighted by Crippen LogP contribution is 2.16. The van der Waals surface area contributed by atoms with Crippen LogP contribution in [0.15, 0.2) is 18.3 Å². The SMILES string of the molecule is CCCCN(CCN)Cc1cccnc1OC. The van der Waals surface area contributed by atoms with Crippen LogP contribution in [0.5, 0.6) is 5.88 Å². The molecule has 0 aromatic carbocycles. The average Bonchev–Trinajstić information content (AvgIpc) is 2.37. The molecule has 0 saturated carbocycles. The van der Waals surface area contributed by atoms with E-state index >= 15 is 0 Å². The van der Waals surface area contributed by atoms with E-state index in [0.29, 0.717) is 12.4 Å². The Morgan fingerprint density at radius 2 is 2.24 bits per heavy atom. The van der Waals surface area contributed by atoms with Gasteiger partial charge in [-0.15, -0.1) is 0 Å². The Balaban J connectivity index is 2.63. The average molecular weight is 237 g/mol. The summed E-state index contributed by atoms with van der Waals surface area (Å²) in [4.78, 5) is 6.56. The molecule has 2 N–H and O–H groups in total. The zero-order valence-corrected chi connectivity index (χ0v) is 10.9. The second kappa shape index (κ2) is 8.03. The highest BCUT2D eigenvalue weighted by atomic mass is 16.5. The second-order valence-corrected chi connectivity index (χ2v) is 4.09. The molecule has 0 saturated heterocycles. The minimum Gasteiger partial charge on any atom is -0.481 e. The van der Waals surface area contributed by atoms with Crippen LogP contribution in [0.25, 0.3) is 0 Å². The van der Waals surface area contributed by atoms with Gasteiger partial charge in [0.2, 0.25) is 5.88 Å². The quantitative estimate of drug-likeness (QED) is 0.747. The van der Waals surface area contributed by atoms with Crippen LogP contribution in [-0.4, -0.2) is 36.6 Å². The van der Waals surface area contributed by atoms with Gasteiger partial charge in [0.05, 0.1) is 7.11 Å². The maximum absolute atomic E-state index is 5.64. The van der Waals surface area contributed by atoms with Crippen molar-refractivity contribution in [2.75, 3.05) is 26.7 Å². The fourth-order valence-corrected chi connectivity index (χ4v) is 1.80. The molecular weight excluding hydrogens is 214 g/mol. The Morgan fingerprint density at radius 1 is 1.41 bits per heavy atom. The molecule has 4 nitrogen and oxygen atoms in total. The van der Waals surface area contributed by atoms with E-state index in [2.05, 4.69) is 22.9 Å². The summed E-state index contributed by atoms with van der Waals surface area (Å²) in [7, 11) is 1.66. The predicted molar refractivity (Wildman–Crippen MR) is 70.0 cm³/mol. The van der Waals surface area contributed by atoms with E-state index in [0.717, 1.165) is 25.2 Å². The summed E-state index contributed by atoms with van der Waals surface area (Å²) in [5.74, 6) is 0.714. The molecule has 1 rings (SSSR count). The van der Waals surface area contributed by atoms with Gasteiger partial charge in [-0.05, 0) is 19.0 Å². The molecule has 0 fully saturated rings. The lowest BCUT2D eigenvalue weighted by Gasteiger charge is -2.22. The van der Waals surface area contributed by atoms with Crippen molar-refractivity contribution >= 4 is 0 Å². The first-order valence-electron chi connectivity index (χ1n) is 6.22. The molecule has 0 atom stereocenters. The Hall–Kier alpha value is -1.13. The first kappa shape index (κ1) is 13.9. The molecule has 17 heavy (non-hydrogen) atoms. The van der Waals surface area contributed by atoms with Gasteiger partial charge < -0.3 is 10.5 Å². The molecule has 0 radical (unpaired) electrons. The Morgan fingerprint density at radius 3 is 2.88 bits per heavy atom. The van der Waals surface area contributed by atoms with Crippen LogP contribution in [0, 0.1) is 0 Å². The van der Waals surface area contributed by atoms with Crippen LogP contribution in [-0.2, 0) is 6.54 Å². The molecule has 0 aliphatic carbocycles. The molecule has 1 aromatic rings. The largest absolute Gasteiger partial charge is 0.481 e. The molecule has 0 aliphatic heterocycles. The van der Waals surface area contributed by atoms with Gasteiger partial charge in [0.15, 0.2) is 0 Å². The van der Waals surface area contributed by atoms with E-state index in [1.54, 1.807) is 13.3 Å². The third-order valence-corrected chi connectivity index (χ3v) is 2.71. The first-order valence-corrected chi connectivity index (χ1v) is 6.22. The number of aromatic nitrogens is 1. The molecule has 96 valence electrons. The van der Waals surface area contributed by atoms with Crippen molar-refractivity contribution in [3.63, 3.8) is 0 Å². The van der Waals surface area contributed by atoms with Crippen molar-refractivity contribution in [1.82, 2.24) is 9.88 Å². The van der Waals surface area contributed by atoms with Crippen molar-refractivity contribution < 1.29 is 4.74 Å². The molecule has 1 aromatic heterocycles. The minimum atomic E-state index is 0.687. The number of hydrogen-bond acceptors (Lipinski definition) is 4. The highest BCUT2D eigenvalue weighted by molar-refractivity contribution is 5.25. The van der Waals surface area contributed by atoms with Crippen LogP contribution in [0.2, 0.25) is 0 Å². The van der Waals surface area contributed by atoms with Crippen LogP contribution in [0.4, 0.5) is 0 Å². The molecule has 0 spiro atoms. The minimum absolute atomic E-state index is 0.687. The van der Waals surface area contributed by atoms with Gasteiger partial charge in [0.25, 0.3) is 0 Å². The van der Waals surface area contributed by atoms with Crippen molar-refractivity contribution in [2.45, 2.75) is 26.3 Å². The Labute approximate surface area is 104 Å². The van der Waals surface area contributed by atoms with Crippen LogP contribution >= 0.6 is 0 Å². The van der Waals surface area contributed by atoms with Crippen LogP contribution in [0.3, 0.4) is 0 Å². The van der Waals surface area contributed by atoms with E-state index in [1.165, 1.54) is 12.8 Å². The van der Waals surface area contributed by atoms with E-state index in [1.807, 2.05) is 6.07 Å². The van der Waals surface area contributed by atoms with E-state index < -0.39 is 0 Å². The second-order valence-electron chi connectivity index (χ2n) is 4.09. The molecule has 4 heteroatoms. The topological polar surface area (TPSA) is 51.4 Å². The fourth-order valence-electron chi connectivity index (χ4n) is 1.80.